The summed E-state index contributed by atoms with van der Waals surface area (Å²) in [6.45, 7) is 10.6. The third kappa shape index (κ3) is 2.55. The number of hydrogen-bond acceptors (Lipinski definition) is 4. The molecule has 16 heavy (non-hydrogen) atoms. The van der Waals surface area contributed by atoms with Crippen molar-refractivity contribution in [2.75, 3.05) is 6.61 Å². The smallest absolute Gasteiger partial charge is 0.282 e. The molecule has 0 aromatic carbocycles. The highest BCUT2D eigenvalue weighted by molar-refractivity contribution is 5.98. The van der Waals surface area contributed by atoms with Gasteiger partial charge in [-0.2, -0.15) is 0 Å². The molecule has 0 bridgehead atoms. The van der Waals surface area contributed by atoms with Gasteiger partial charge in [-0.3, -0.25) is 0 Å². The minimum absolute atomic E-state index is 0.120. The monoisotopic (exact) mass is 224 g/mol. The van der Waals surface area contributed by atoms with E-state index in [0.29, 0.717) is 0 Å². The summed E-state index contributed by atoms with van der Waals surface area (Å²) in [7, 11) is 4.98. The summed E-state index contributed by atoms with van der Waals surface area (Å²) in [6, 6.07) is 0. The Morgan fingerprint density at radius 2 is 2.12 bits per heavy atom. The zero-order chi connectivity index (χ0) is 12.4. The summed E-state index contributed by atoms with van der Waals surface area (Å²) in [5, 5.41) is 10.3. The van der Waals surface area contributed by atoms with Crippen molar-refractivity contribution < 1.29 is 19.2 Å². The van der Waals surface area contributed by atoms with Gasteiger partial charge in [0.1, 0.15) is 17.8 Å². The Labute approximate surface area is 97.3 Å². The number of hydrogen-bond donors (Lipinski definition) is 1. The summed E-state index contributed by atoms with van der Waals surface area (Å²) in [5.41, 5.74) is -1.40. The van der Waals surface area contributed by atoms with Crippen molar-refractivity contribution >= 4 is 8.05 Å². The molecule has 4 nitrogen and oxygen atoms in total. The fraction of sp³-hybridized carbons (Fsp3) is 0.636. The van der Waals surface area contributed by atoms with E-state index >= 15 is 0 Å². The van der Waals surface area contributed by atoms with Gasteiger partial charge in [0.05, 0.1) is 6.61 Å². The molecule has 0 saturated carbocycles. The molecular weight excluding hydrogens is 207 g/mol. The van der Waals surface area contributed by atoms with E-state index in [1.807, 2.05) is 0 Å². The molecular formula is C11H17BO4. The maximum absolute atomic E-state index is 10.3. The Morgan fingerprint density at radius 3 is 2.56 bits per heavy atom. The highest BCUT2D eigenvalue weighted by Crippen LogP contribution is 2.35. The van der Waals surface area contributed by atoms with Crippen LogP contribution in [-0.4, -0.2) is 43.4 Å². The molecule has 1 N–H and O–H groups in total. The second-order valence-electron chi connectivity index (χ2n) is 4.26. The number of aliphatic hydroxyl groups is 1. The van der Waals surface area contributed by atoms with Gasteiger partial charge in [0.2, 0.25) is 0 Å². The van der Waals surface area contributed by atoms with Gasteiger partial charge in [-0.1, -0.05) is 12.2 Å². The first-order chi connectivity index (χ1) is 7.38. The first-order valence-corrected chi connectivity index (χ1v) is 5.04. The normalized spacial score (nSPS) is 31.9. The summed E-state index contributed by atoms with van der Waals surface area (Å²) >= 11 is 0. The van der Waals surface area contributed by atoms with Gasteiger partial charge < -0.3 is 19.2 Å². The molecule has 0 amide bonds. The minimum atomic E-state index is -1.40. The van der Waals surface area contributed by atoms with Crippen molar-refractivity contribution in [2.24, 2.45) is 0 Å². The lowest BCUT2D eigenvalue weighted by molar-refractivity contribution is -0.166. The van der Waals surface area contributed by atoms with Gasteiger partial charge >= 0.3 is 0 Å². The van der Waals surface area contributed by atoms with Crippen molar-refractivity contribution in [3.8, 4) is 0 Å². The van der Waals surface area contributed by atoms with Crippen LogP contribution in [0.2, 0.25) is 0 Å². The predicted molar refractivity (Wildman–Crippen MR) is 60.9 cm³/mol. The van der Waals surface area contributed by atoms with Crippen LogP contribution in [0.4, 0.5) is 0 Å². The molecule has 0 spiro atoms. The van der Waals surface area contributed by atoms with E-state index in [1.54, 1.807) is 19.9 Å². The Morgan fingerprint density at radius 1 is 1.50 bits per heavy atom. The Kier molecular flexibility index (Phi) is 3.96. The zero-order valence-corrected chi connectivity index (χ0v) is 9.68. The fourth-order valence-corrected chi connectivity index (χ4v) is 1.74. The Bertz CT molecular complexity index is 279. The molecule has 5 heteroatoms. The van der Waals surface area contributed by atoms with E-state index < -0.39 is 23.6 Å². The minimum Gasteiger partial charge on any atom is -0.444 e. The molecule has 1 saturated heterocycles. The van der Waals surface area contributed by atoms with Crippen LogP contribution >= 0.6 is 0 Å². The van der Waals surface area contributed by atoms with Crippen molar-refractivity contribution in [2.45, 2.75) is 37.4 Å². The zero-order valence-electron chi connectivity index (χ0n) is 9.68. The van der Waals surface area contributed by atoms with Gasteiger partial charge in [0.25, 0.3) is 8.05 Å². The average molecular weight is 224 g/mol. The number of rotatable bonds is 5. The Hall–Kier alpha value is -0.615. The number of ether oxygens (including phenoxy) is 2. The largest absolute Gasteiger partial charge is 0.444 e. The maximum Gasteiger partial charge on any atom is 0.282 e. The second kappa shape index (κ2) is 4.71. The quantitative estimate of drug-likeness (QED) is 0.551. The van der Waals surface area contributed by atoms with Crippen LogP contribution in [0.15, 0.2) is 25.3 Å². The van der Waals surface area contributed by atoms with E-state index in [1.165, 1.54) is 6.08 Å². The predicted octanol–water partition coefficient (Wildman–Crippen LogP) is 0.710. The summed E-state index contributed by atoms with van der Waals surface area (Å²) in [4.78, 5) is 0. The van der Waals surface area contributed by atoms with Crippen molar-refractivity contribution in [3.63, 3.8) is 0 Å². The molecule has 1 heterocycles. The summed E-state index contributed by atoms with van der Waals surface area (Å²) < 4.78 is 15.7. The lowest BCUT2D eigenvalue weighted by atomic mass is 9.93. The SMILES string of the molecule is [B]OC[C@](O)(C=C)[C@H]1OC(C)(C)O[C@H]1C=C. The first kappa shape index (κ1) is 13.4. The average Bonchev–Trinajstić information content (AvgIpc) is 2.54. The highest BCUT2D eigenvalue weighted by atomic mass is 16.8. The molecule has 3 atom stereocenters. The first-order valence-electron chi connectivity index (χ1n) is 5.04. The van der Waals surface area contributed by atoms with Crippen molar-refractivity contribution in [1.82, 2.24) is 0 Å². The van der Waals surface area contributed by atoms with E-state index in [2.05, 4.69) is 17.8 Å². The Balaban J connectivity index is 2.92. The van der Waals surface area contributed by atoms with Crippen LogP contribution in [0.5, 0.6) is 0 Å². The molecule has 1 aliphatic heterocycles. The molecule has 1 rings (SSSR count). The molecule has 88 valence electrons. The van der Waals surface area contributed by atoms with Crippen molar-refractivity contribution in [3.05, 3.63) is 25.3 Å². The molecule has 1 aliphatic rings. The molecule has 0 aliphatic carbocycles. The van der Waals surface area contributed by atoms with Gasteiger partial charge in [0, 0.05) is 0 Å². The molecule has 0 unspecified atom stereocenters. The second-order valence-corrected chi connectivity index (χ2v) is 4.26. The van der Waals surface area contributed by atoms with Crippen LogP contribution < -0.4 is 0 Å². The fourth-order valence-electron chi connectivity index (χ4n) is 1.74. The van der Waals surface area contributed by atoms with E-state index in [-0.39, 0.29) is 6.61 Å². The molecule has 0 aromatic heterocycles. The van der Waals surface area contributed by atoms with E-state index in [0.717, 1.165) is 0 Å². The molecule has 1 fully saturated rings. The summed E-state index contributed by atoms with van der Waals surface area (Å²) in [5.74, 6) is -0.783. The van der Waals surface area contributed by atoms with Crippen LogP contribution in [0.25, 0.3) is 0 Å². The van der Waals surface area contributed by atoms with Crippen LogP contribution in [0, 0.1) is 0 Å². The standard InChI is InChI=1S/C11H17BO4/c1-5-8-9(16-10(3,4)15-8)11(13,6-2)7-14-12/h5-6,8-9,13H,1-2,7H2,3-4H3/t8-,9-,11+/m0/s1. The third-order valence-electron chi connectivity index (χ3n) is 2.52. The molecule has 2 radical (unpaired) electrons. The highest BCUT2D eigenvalue weighted by Gasteiger charge is 2.49. The summed E-state index contributed by atoms with van der Waals surface area (Å²) in [6.07, 6.45) is 1.84. The topological polar surface area (TPSA) is 47.9 Å². The maximum atomic E-state index is 10.3. The van der Waals surface area contributed by atoms with E-state index in [9.17, 15) is 5.11 Å². The lowest BCUT2D eigenvalue weighted by Gasteiger charge is -2.31. The van der Waals surface area contributed by atoms with Gasteiger partial charge in [-0.05, 0) is 13.8 Å². The van der Waals surface area contributed by atoms with Gasteiger partial charge in [-0.25, -0.2) is 0 Å². The van der Waals surface area contributed by atoms with Crippen LogP contribution in [0.1, 0.15) is 13.8 Å². The van der Waals surface area contributed by atoms with Crippen LogP contribution in [0.3, 0.4) is 0 Å². The van der Waals surface area contributed by atoms with E-state index in [4.69, 9.17) is 17.5 Å². The third-order valence-corrected chi connectivity index (χ3v) is 2.52. The van der Waals surface area contributed by atoms with Crippen molar-refractivity contribution in [1.29, 1.82) is 0 Å². The van der Waals surface area contributed by atoms with Gasteiger partial charge in [0.15, 0.2) is 5.79 Å². The van der Waals surface area contributed by atoms with Gasteiger partial charge in [-0.15, -0.1) is 13.2 Å². The lowest BCUT2D eigenvalue weighted by Crippen LogP contribution is -2.49. The van der Waals surface area contributed by atoms with Crippen LogP contribution in [-0.2, 0) is 14.1 Å². The molecule has 0 aromatic rings.